The first kappa shape index (κ1) is 13.9. The highest BCUT2D eigenvalue weighted by molar-refractivity contribution is 9.10. The molecule has 0 aromatic carbocycles. The van der Waals surface area contributed by atoms with Crippen LogP contribution < -0.4 is 16.8 Å². The lowest BCUT2D eigenvalue weighted by atomic mass is 9.92. The van der Waals surface area contributed by atoms with Gasteiger partial charge in [-0.1, -0.05) is 0 Å². The van der Waals surface area contributed by atoms with E-state index >= 15 is 0 Å². The molecule has 0 saturated carbocycles. The van der Waals surface area contributed by atoms with Crippen molar-refractivity contribution in [3.8, 4) is 0 Å². The minimum absolute atomic E-state index is 0.105. The van der Waals surface area contributed by atoms with E-state index in [1.165, 1.54) is 4.57 Å². The fourth-order valence-corrected chi connectivity index (χ4v) is 2.14. The van der Waals surface area contributed by atoms with Crippen LogP contribution in [0.3, 0.4) is 0 Å². The number of nitrogens with one attached hydrogen (secondary N) is 1. The zero-order valence-corrected chi connectivity index (χ0v) is 11.7. The maximum atomic E-state index is 11.9. The van der Waals surface area contributed by atoms with E-state index in [4.69, 9.17) is 5.84 Å². The maximum Gasteiger partial charge on any atom is 0.253 e. The molecular formula is C11H16BrN3O2. The molecule has 0 bridgehead atoms. The van der Waals surface area contributed by atoms with E-state index < -0.39 is 5.41 Å². The van der Waals surface area contributed by atoms with E-state index in [9.17, 15) is 9.59 Å². The number of hydrogen-bond donors (Lipinski definition) is 2. The quantitative estimate of drug-likeness (QED) is 0.495. The summed E-state index contributed by atoms with van der Waals surface area (Å²) in [6.45, 7) is 5.48. The molecule has 0 aliphatic carbocycles. The maximum absolute atomic E-state index is 11.9. The molecular weight excluding hydrogens is 286 g/mol. The second kappa shape index (κ2) is 5.01. The Balaban J connectivity index is 3.12. The highest BCUT2D eigenvalue weighted by Crippen LogP contribution is 2.18. The summed E-state index contributed by atoms with van der Waals surface area (Å²) in [6.07, 6.45) is 1.67. The van der Waals surface area contributed by atoms with Crippen LogP contribution >= 0.6 is 15.9 Å². The molecule has 5 nitrogen and oxygen atoms in total. The van der Waals surface area contributed by atoms with Crippen molar-refractivity contribution in [2.24, 2.45) is 11.3 Å². The first-order chi connectivity index (χ1) is 7.77. The Morgan fingerprint density at radius 2 is 2.18 bits per heavy atom. The SMILES string of the molecule is Cc1cc(Br)cn(CC(C)(C)C(=O)NN)c1=O. The summed E-state index contributed by atoms with van der Waals surface area (Å²) in [7, 11) is 0. The molecule has 0 fully saturated rings. The second-order valence-electron chi connectivity index (χ2n) is 4.63. The Hall–Kier alpha value is -1.14. The summed E-state index contributed by atoms with van der Waals surface area (Å²) >= 11 is 3.32. The van der Waals surface area contributed by atoms with Crippen molar-refractivity contribution in [2.75, 3.05) is 0 Å². The normalized spacial score (nSPS) is 11.4. The zero-order chi connectivity index (χ0) is 13.2. The van der Waals surface area contributed by atoms with E-state index in [1.807, 2.05) is 0 Å². The standard InChI is InChI=1S/C11H16BrN3O2/c1-7-4-8(12)5-15(9(7)16)6-11(2,3)10(17)14-13/h4-5H,6,13H2,1-3H3,(H,14,17). The molecule has 0 unspecified atom stereocenters. The van der Waals surface area contributed by atoms with E-state index in [1.54, 1.807) is 33.0 Å². The third-order valence-electron chi connectivity index (χ3n) is 2.54. The highest BCUT2D eigenvalue weighted by atomic mass is 79.9. The number of halogens is 1. The van der Waals surface area contributed by atoms with Crippen LogP contribution in [-0.2, 0) is 11.3 Å². The summed E-state index contributed by atoms with van der Waals surface area (Å²) < 4.78 is 2.31. The third kappa shape index (κ3) is 3.17. The lowest BCUT2D eigenvalue weighted by Gasteiger charge is -2.23. The van der Waals surface area contributed by atoms with Gasteiger partial charge in [0.1, 0.15) is 0 Å². The number of hydrazine groups is 1. The van der Waals surface area contributed by atoms with Gasteiger partial charge in [0.2, 0.25) is 5.91 Å². The van der Waals surface area contributed by atoms with Gasteiger partial charge in [-0.25, -0.2) is 5.84 Å². The van der Waals surface area contributed by atoms with Crippen molar-refractivity contribution >= 4 is 21.8 Å². The van der Waals surface area contributed by atoms with Crippen LogP contribution in [0, 0.1) is 12.3 Å². The smallest absolute Gasteiger partial charge is 0.253 e. The number of carbonyl (C=O) groups excluding carboxylic acids is 1. The van der Waals surface area contributed by atoms with Gasteiger partial charge in [-0.3, -0.25) is 15.0 Å². The molecule has 6 heteroatoms. The van der Waals surface area contributed by atoms with Crippen molar-refractivity contribution in [3.05, 3.63) is 32.7 Å². The molecule has 3 N–H and O–H groups in total. The van der Waals surface area contributed by atoms with Crippen molar-refractivity contribution in [1.82, 2.24) is 9.99 Å². The number of aromatic nitrogens is 1. The van der Waals surface area contributed by atoms with Crippen molar-refractivity contribution in [1.29, 1.82) is 0 Å². The van der Waals surface area contributed by atoms with Gasteiger partial charge in [0.15, 0.2) is 0 Å². The van der Waals surface area contributed by atoms with Gasteiger partial charge in [-0.15, -0.1) is 0 Å². The number of pyridine rings is 1. The molecule has 1 amide bonds. The van der Waals surface area contributed by atoms with Gasteiger partial charge in [0.25, 0.3) is 5.56 Å². The molecule has 0 spiro atoms. The molecule has 0 aliphatic rings. The number of carbonyl (C=O) groups is 1. The predicted octanol–water partition coefficient (Wildman–Crippen LogP) is 0.935. The van der Waals surface area contributed by atoms with Gasteiger partial charge in [-0.05, 0) is 42.8 Å². The van der Waals surface area contributed by atoms with Gasteiger partial charge in [0, 0.05) is 22.8 Å². The van der Waals surface area contributed by atoms with Crippen molar-refractivity contribution < 1.29 is 4.79 Å². The summed E-state index contributed by atoms with van der Waals surface area (Å²) in [6, 6.07) is 1.74. The third-order valence-corrected chi connectivity index (χ3v) is 2.98. The van der Waals surface area contributed by atoms with E-state index in [2.05, 4.69) is 21.4 Å². The van der Waals surface area contributed by atoms with Gasteiger partial charge in [0.05, 0.1) is 5.41 Å². The van der Waals surface area contributed by atoms with Crippen LogP contribution in [-0.4, -0.2) is 10.5 Å². The van der Waals surface area contributed by atoms with Crippen molar-refractivity contribution in [2.45, 2.75) is 27.3 Å². The summed E-state index contributed by atoms with van der Waals surface area (Å²) in [5, 5.41) is 0. The Morgan fingerprint density at radius 3 is 2.71 bits per heavy atom. The minimum atomic E-state index is -0.744. The number of hydrogen-bond acceptors (Lipinski definition) is 3. The van der Waals surface area contributed by atoms with Crippen LogP contribution in [0.5, 0.6) is 0 Å². The van der Waals surface area contributed by atoms with Gasteiger partial charge >= 0.3 is 0 Å². The van der Waals surface area contributed by atoms with E-state index in [0.717, 1.165) is 4.47 Å². The van der Waals surface area contributed by atoms with Gasteiger partial charge in [-0.2, -0.15) is 0 Å². The molecule has 94 valence electrons. The monoisotopic (exact) mass is 301 g/mol. The summed E-state index contributed by atoms with van der Waals surface area (Å²) in [5.74, 6) is 4.81. The van der Waals surface area contributed by atoms with Crippen LogP contribution in [0.25, 0.3) is 0 Å². The fraction of sp³-hybridized carbons (Fsp3) is 0.455. The summed E-state index contributed by atoms with van der Waals surface area (Å²) in [4.78, 5) is 23.4. The average molecular weight is 302 g/mol. The topological polar surface area (TPSA) is 77.1 Å². The molecule has 17 heavy (non-hydrogen) atoms. The van der Waals surface area contributed by atoms with Crippen LogP contribution in [0.2, 0.25) is 0 Å². The molecule has 0 aliphatic heterocycles. The number of rotatable bonds is 3. The zero-order valence-electron chi connectivity index (χ0n) is 10.1. The molecule has 1 aromatic rings. The second-order valence-corrected chi connectivity index (χ2v) is 5.55. The highest BCUT2D eigenvalue weighted by Gasteiger charge is 2.28. The Labute approximate surface area is 108 Å². The predicted molar refractivity (Wildman–Crippen MR) is 69.3 cm³/mol. The lowest BCUT2D eigenvalue weighted by molar-refractivity contribution is -0.130. The Bertz CT molecular complexity index is 494. The molecule has 1 aromatic heterocycles. The molecule has 0 saturated heterocycles. The first-order valence-electron chi connectivity index (χ1n) is 5.15. The van der Waals surface area contributed by atoms with Crippen LogP contribution in [0.4, 0.5) is 0 Å². The minimum Gasteiger partial charge on any atom is -0.313 e. The molecule has 1 heterocycles. The number of aryl methyl sites for hydroxylation is 1. The molecule has 1 rings (SSSR count). The Morgan fingerprint density at radius 1 is 1.59 bits per heavy atom. The van der Waals surface area contributed by atoms with E-state index in [-0.39, 0.29) is 18.0 Å². The molecule has 0 radical (unpaired) electrons. The Kier molecular flexibility index (Phi) is 4.11. The van der Waals surface area contributed by atoms with E-state index in [0.29, 0.717) is 5.56 Å². The van der Waals surface area contributed by atoms with Gasteiger partial charge < -0.3 is 4.57 Å². The number of amides is 1. The number of nitrogens with two attached hydrogens (primary N) is 1. The number of nitrogens with zero attached hydrogens (tertiary/aromatic N) is 1. The van der Waals surface area contributed by atoms with Crippen LogP contribution in [0.1, 0.15) is 19.4 Å². The fourth-order valence-electron chi connectivity index (χ4n) is 1.55. The molecule has 0 atom stereocenters. The van der Waals surface area contributed by atoms with Crippen molar-refractivity contribution in [3.63, 3.8) is 0 Å². The largest absolute Gasteiger partial charge is 0.313 e. The summed E-state index contributed by atoms with van der Waals surface area (Å²) in [5.41, 5.74) is 1.89. The lowest BCUT2D eigenvalue weighted by Crippen LogP contribution is -2.44. The van der Waals surface area contributed by atoms with Crippen LogP contribution in [0.15, 0.2) is 21.5 Å². The average Bonchev–Trinajstić information content (AvgIpc) is 2.23. The first-order valence-corrected chi connectivity index (χ1v) is 5.95.